The van der Waals surface area contributed by atoms with Gasteiger partial charge < -0.3 is 5.32 Å². The Kier molecular flexibility index (Phi) is 6.97. The molecule has 0 radical (unpaired) electrons. The number of hydrogen-bond donors (Lipinski definition) is 2. The van der Waals surface area contributed by atoms with Crippen LogP contribution in [-0.2, 0) is 13.1 Å². The predicted molar refractivity (Wildman–Crippen MR) is 142 cm³/mol. The molecule has 5 nitrogen and oxygen atoms in total. The number of carbonyl (C=O) groups excluding carboxylic acids is 1. The second kappa shape index (κ2) is 10.8. The summed E-state index contributed by atoms with van der Waals surface area (Å²) in [6, 6.07) is 28.0. The lowest BCUT2D eigenvalue weighted by atomic mass is 10.1. The summed E-state index contributed by atoms with van der Waals surface area (Å²) < 4.78 is 1.99. The third-order valence-corrected chi connectivity index (χ3v) is 6.02. The van der Waals surface area contributed by atoms with Crippen LogP contribution in [0.25, 0.3) is 17.0 Å². The Morgan fingerprint density at radius 1 is 0.857 bits per heavy atom. The van der Waals surface area contributed by atoms with Crippen molar-refractivity contribution in [2.75, 3.05) is 5.32 Å². The second-order valence-corrected chi connectivity index (χ2v) is 8.55. The SMILES string of the molecule is O=C(Nc1nc(-c2ccccc2)cn1C1=CC=CCC1)c1ccc(CNCc2ccccc2)cc1. The second-order valence-electron chi connectivity index (χ2n) is 8.55. The molecule has 0 spiro atoms. The number of allylic oxidation sites excluding steroid dienone is 4. The summed E-state index contributed by atoms with van der Waals surface area (Å²) in [5, 5.41) is 6.47. The van der Waals surface area contributed by atoms with Crippen LogP contribution in [0.3, 0.4) is 0 Å². The van der Waals surface area contributed by atoms with E-state index in [9.17, 15) is 4.79 Å². The molecule has 174 valence electrons. The van der Waals surface area contributed by atoms with Gasteiger partial charge in [-0.3, -0.25) is 14.7 Å². The van der Waals surface area contributed by atoms with Crippen molar-refractivity contribution in [2.24, 2.45) is 0 Å². The fourth-order valence-corrected chi connectivity index (χ4v) is 4.12. The van der Waals surface area contributed by atoms with E-state index in [4.69, 9.17) is 4.98 Å². The maximum atomic E-state index is 13.1. The molecule has 1 aliphatic rings. The van der Waals surface area contributed by atoms with E-state index in [-0.39, 0.29) is 5.91 Å². The topological polar surface area (TPSA) is 59.0 Å². The van der Waals surface area contributed by atoms with Gasteiger partial charge >= 0.3 is 0 Å². The van der Waals surface area contributed by atoms with Gasteiger partial charge in [-0.2, -0.15) is 0 Å². The van der Waals surface area contributed by atoms with Crippen LogP contribution in [-0.4, -0.2) is 15.5 Å². The minimum Gasteiger partial charge on any atom is -0.309 e. The number of imidazole rings is 1. The number of carbonyl (C=O) groups is 1. The average molecular weight is 461 g/mol. The lowest BCUT2D eigenvalue weighted by molar-refractivity contribution is 0.102. The molecule has 35 heavy (non-hydrogen) atoms. The van der Waals surface area contributed by atoms with Gasteiger partial charge in [0.2, 0.25) is 5.95 Å². The smallest absolute Gasteiger partial charge is 0.257 e. The third kappa shape index (κ3) is 5.65. The zero-order valence-corrected chi connectivity index (χ0v) is 19.5. The highest BCUT2D eigenvalue weighted by Crippen LogP contribution is 2.27. The van der Waals surface area contributed by atoms with Crippen LogP contribution in [0.4, 0.5) is 5.95 Å². The van der Waals surface area contributed by atoms with Crippen LogP contribution in [0.15, 0.2) is 109 Å². The Balaban J connectivity index is 1.29. The zero-order chi connectivity index (χ0) is 23.9. The van der Waals surface area contributed by atoms with Crippen molar-refractivity contribution in [3.63, 3.8) is 0 Å². The lowest BCUT2D eigenvalue weighted by Crippen LogP contribution is -2.16. The van der Waals surface area contributed by atoms with Gasteiger partial charge in [-0.25, -0.2) is 4.98 Å². The molecule has 0 atom stereocenters. The molecule has 0 fully saturated rings. The van der Waals surface area contributed by atoms with E-state index in [1.165, 1.54) is 5.56 Å². The summed E-state index contributed by atoms with van der Waals surface area (Å²) in [5.74, 6) is 0.358. The maximum absolute atomic E-state index is 13.1. The minimum absolute atomic E-state index is 0.174. The van der Waals surface area contributed by atoms with Crippen molar-refractivity contribution in [1.82, 2.24) is 14.9 Å². The zero-order valence-electron chi connectivity index (χ0n) is 19.5. The molecule has 0 bridgehead atoms. The van der Waals surface area contributed by atoms with Gasteiger partial charge in [-0.1, -0.05) is 84.9 Å². The molecule has 1 heterocycles. The fourth-order valence-electron chi connectivity index (χ4n) is 4.12. The Morgan fingerprint density at radius 2 is 1.54 bits per heavy atom. The summed E-state index contributed by atoms with van der Waals surface area (Å²) >= 11 is 0. The van der Waals surface area contributed by atoms with Crippen molar-refractivity contribution in [2.45, 2.75) is 25.9 Å². The van der Waals surface area contributed by atoms with E-state index in [0.29, 0.717) is 11.5 Å². The maximum Gasteiger partial charge on any atom is 0.257 e. The number of nitrogens with one attached hydrogen (secondary N) is 2. The highest BCUT2D eigenvalue weighted by molar-refractivity contribution is 6.03. The van der Waals surface area contributed by atoms with Crippen molar-refractivity contribution in [3.8, 4) is 11.3 Å². The van der Waals surface area contributed by atoms with Crippen molar-refractivity contribution >= 4 is 17.6 Å². The number of hydrogen-bond acceptors (Lipinski definition) is 3. The van der Waals surface area contributed by atoms with E-state index < -0.39 is 0 Å². The Bertz CT molecular complexity index is 1340. The lowest BCUT2D eigenvalue weighted by Gasteiger charge is -2.14. The quantitative estimate of drug-likeness (QED) is 0.325. The highest BCUT2D eigenvalue weighted by atomic mass is 16.1. The first kappa shape index (κ1) is 22.6. The van der Waals surface area contributed by atoms with Gasteiger partial charge in [-0.15, -0.1) is 0 Å². The van der Waals surface area contributed by atoms with Gasteiger partial charge in [0.1, 0.15) is 0 Å². The molecule has 5 heteroatoms. The van der Waals surface area contributed by atoms with E-state index in [2.05, 4.69) is 41.0 Å². The van der Waals surface area contributed by atoms with Crippen LogP contribution in [0.5, 0.6) is 0 Å². The molecule has 3 aromatic carbocycles. The molecule has 1 amide bonds. The molecule has 1 aromatic heterocycles. The van der Waals surface area contributed by atoms with Crippen LogP contribution in [0.1, 0.15) is 34.3 Å². The summed E-state index contributed by atoms with van der Waals surface area (Å²) in [5.41, 5.74) is 5.93. The van der Waals surface area contributed by atoms with E-state index in [1.807, 2.05) is 83.6 Å². The molecule has 0 aliphatic heterocycles. The molecular weight excluding hydrogens is 432 g/mol. The van der Waals surface area contributed by atoms with E-state index in [0.717, 1.165) is 48.4 Å². The van der Waals surface area contributed by atoms with Crippen molar-refractivity contribution in [1.29, 1.82) is 0 Å². The molecule has 0 saturated heterocycles. The van der Waals surface area contributed by atoms with Crippen LogP contribution in [0, 0.1) is 0 Å². The number of rotatable bonds is 8. The van der Waals surface area contributed by atoms with Gasteiger partial charge in [0.25, 0.3) is 5.91 Å². The first-order valence-corrected chi connectivity index (χ1v) is 11.9. The first-order chi connectivity index (χ1) is 17.3. The molecule has 2 N–H and O–H groups in total. The summed E-state index contributed by atoms with van der Waals surface area (Å²) in [7, 11) is 0. The number of anilines is 1. The molecule has 0 unspecified atom stereocenters. The van der Waals surface area contributed by atoms with Gasteiger partial charge in [0, 0.05) is 36.1 Å². The highest BCUT2D eigenvalue weighted by Gasteiger charge is 2.16. The molecule has 5 rings (SSSR count). The minimum atomic E-state index is -0.174. The summed E-state index contributed by atoms with van der Waals surface area (Å²) in [4.78, 5) is 17.9. The first-order valence-electron chi connectivity index (χ1n) is 11.9. The largest absolute Gasteiger partial charge is 0.309 e. The Labute approximate surface area is 205 Å². The predicted octanol–water partition coefficient (Wildman–Crippen LogP) is 6.28. The number of benzene rings is 3. The molecule has 0 saturated carbocycles. The standard InChI is InChI=1S/C30H28N4O/c35-29(26-18-16-24(17-19-26)21-31-20-23-10-4-1-5-11-23)33-30-32-28(25-12-6-2-7-13-25)22-34(30)27-14-8-3-9-15-27/h1-8,10-14,16-19,22,31H,9,15,20-21H2,(H,32,33,35). The normalized spacial score (nSPS) is 12.9. The van der Waals surface area contributed by atoms with Crippen LogP contribution >= 0.6 is 0 Å². The van der Waals surface area contributed by atoms with Crippen molar-refractivity contribution < 1.29 is 4.79 Å². The molecule has 1 aliphatic carbocycles. The van der Waals surface area contributed by atoms with Crippen molar-refractivity contribution in [3.05, 3.63) is 126 Å². The Hall–Kier alpha value is -4.22. The Morgan fingerprint density at radius 3 is 2.23 bits per heavy atom. The molecular formula is C30H28N4O. The van der Waals surface area contributed by atoms with Gasteiger partial charge in [0.15, 0.2) is 0 Å². The fraction of sp³-hybridized carbons (Fsp3) is 0.133. The number of nitrogens with zero attached hydrogens (tertiary/aromatic N) is 2. The molecule has 4 aromatic rings. The third-order valence-electron chi connectivity index (χ3n) is 6.02. The van der Waals surface area contributed by atoms with Crippen LogP contribution < -0.4 is 10.6 Å². The summed E-state index contributed by atoms with van der Waals surface area (Å²) in [6.07, 6.45) is 10.1. The van der Waals surface area contributed by atoms with E-state index >= 15 is 0 Å². The van der Waals surface area contributed by atoms with Gasteiger partial charge in [-0.05, 0) is 42.2 Å². The average Bonchev–Trinajstić information content (AvgIpc) is 3.34. The van der Waals surface area contributed by atoms with E-state index in [1.54, 1.807) is 0 Å². The van der Waals surface area contributed by atoms with Gasteiger partial charge in [0.05, 0.1) is 5.69 Å². The summed E-state index contributed by atoms with van der Waals surface area (Å²) in [6.45, 7) is 1.55. The number of amides is 1. The van der Waals surface area contributed by atoms with Crippen LogP contribution in [0.2, 0.25) is 0 Å². The monoisotopic (exact) mass is 460 g/mol. The number of aromatic nitrogens is 2.